The number of phenolic OH excluding ortho intramolecular Hbond substituents is 1. The minimum atomic E-state index is -0.942. The van der Waals surface area contributed by atoms with Crippen LogP contribution in [0.15, 0.2) is 60.7 Å². The van der Waals surface area contributed by atoms with Crippen molar-refractivity contribution in [3.8, 4) is 46.0 Å². The van der Waals surface area contributed by atoms with E-state index in [1.54, 1.807) is 21.3 Å². The molecule has 3 unspecified atom stereocenters. The maximum absolute atomic E-state index is 12.1. The SMILES string of the molecule is Br.Br.COc1ccc2cc1Oc1ccc(cc1)CC1c3cc(c(OC)cc3CCN1C)Oc1c(O)c(OC)cc3c1C(C2)[N+](C)(CCCCCCCCCCCCCC(=O)[O-])CC3. The molecule has 0 spiro atoms. The largest absolute Gasteiger partial charge is 0.550 e. The number of hydrogen-bond donors (Lipinski definition) is 1. The van der Waals surface area contributed by atoms with Gasteiger partial charge in [0.05, 0.1) is 47.0 Å². The van der Waals surface area contributed by atoms with Gasteiger partial charge in [-0.25, -0.2) is 0 Å². The number of likely N-dealkylation sites (N-methyl/N-ethyl adjacent to an activating group) is 2. The summed E-state index contributed by atoms with van der Waals surface area (Å²) in [5.74, 6) is 3.21. The molecule has 0 amide bonds. The molecule has 63 heavy (non-hydrogen) atoms. The molecule has 3 atom stereocenters. The van der Waals surface area contributed by atoms with Crippen molar-refractivity contribution in [1.29, 1.82) is 0 Å². The lowest BCUT2D eigenvalue weighted by atomic mass is 9.85. The Bertz CT molecular complexity index is 2130. The third-order valence-corrected chi connectivity index (χ3v) is 13.6. The van der Waals surface area contributed by atoms with E-state index < -0.39 is 5.97 Å². The van der Waals surface area contributed by atoms with Crippen molar-refractivity contribution in [3.63, 3.8) is 0 Å². The van der Waals surface area contributed by atoms with Crippen molar-refractivity contribution in [3.05, 3.63) is 94.0 Å². The molecule has 10 nitrogen and oxygen atoms in total. The average molecular weight is 997 g/mol. The maximum atomic E-state index is 12.1. The summed E-state index contributed by atoms with van der Waals surface area (Å²) in [6, 6.07) is 21.0. The zero-order valence-corrected chi connectivity index (χ0v) is 41.3. The summed E-state index contributed by atoms with van der Waals surface area (Å²) in [6.45, 7) is 2.86. The summed E-state index contributed by atoms with van der Waals surface area (Å²) in [5.41, 5.74) is 6.88. The molecule has 0 aromatic heterocycles. The number of nitrogens with zero attached hydrogens (tertiary/aromatic N) is 2. The lowest BCUT2D eigenvalue weighted by Crippen LogP contribution is -2.52. The van der Waals surface area contributed by atoms with Crippen LogP contribution in [0.4, 0.5) is 0 Å². The molecule has 8 rings (SSSR count). The second-order valence-electron chi connectivity index (χ2n) is 17.7. The molecule has 6 bridgehead atoms. The van der Waals surface area contributed by atoms with Crippen molar-refractivity contribution in [2.45, 2.75) is 115 Å². The standard InChI is InChI=1S/C51H66N2O8.2BrH/c1-52-26-24-37-32-44(58-4)46-34-40(37)41(52)29-35-18-21-39(22-19-35)60-45-31-36(20-23-43(45)57-3)30-42-49-38(33-47(59-5)50(56)51(49)61-46)25-28-53(42,2)27-16-14-12-10-8-6-7-9-11-13-15-17-48(54)55;;/h18-23,31-34,41-42H,6-17,24-30H2,1-5H3,(H-,54,55,56);2*1H. The highest BCUT2D eigenvalue weighted by atomic mass is 79.9. The van der Waals surface area contributed by atoms with Crippen LogP contribution in [-0.4, -0.2) is 75.5 Å². The van der Waals surface area contributed by atoms with E-state index in [0.29, 0.717) is 40.9 Å². The highest BCUT2D eigenvalue weighted by Crippen LogP contribution is 2.53. The lowest BCUT2D eigenvalue weighted by Gasteiger charge is -2.46. The number of carboxylic acid groups (broad SMARTS) is 1. The van der Waals surface area contributed by atoms with E-state index in [9.17, 15) is 15.0 Å². The second kappa shape index (κ2) is 23.3. The molecular formula is C51H68Br2N2O8. The lowest BCUT2D eigenvalue weighted by molar-refractivity contribution is -0.941. The molecule has 344 valence electrons. The maximum Gasteiger partial charge on any atom is 0.201 e. The first-order chi connectivity index (χ1) is 29.6. The number of aliphatic carboxylic acids is 1. The van der Waals surface area contributed by atoms with E-state index in [0.717, 1.165) is 97.9 Å². The van der Waals surface area contributed by atoms with Gasteiger partial charge < -0.3 is 43.2 Å². The summed E-state index contributed by atoms with van der Waals surface area (Å²) >= 11 is 0. The Labute approximate surface area is 396 Å². The Balaban J connectivity index is 0.00000374. The molecule has 0 saturated heterocycles. The third-order valence-electron chi connectivity index (χ3n) is 13.6. The molecule has 4 aromatic rings. The molecule has 0 saturated carbocycles. The fraction of sp³-hybridized carbons (Fsp3) is 0.510. The van der Waals surface area contributed by atoms with E-state index in [4.69, 9.17) is 23.7 Å². The van der Waals surface area contributed by atoms with Gasteiger partial charge >= 0.3 is 0 Å². The molecule has 4 aliphatic rings. The van der Waals surface area contributed by atoms with Crippen molar-refractivity contribution >= 4 is 39.9 Å². The van der Waals surface area contributed by atoms with E-state index in [-0.39, 0.29) is 58.2 Å². The molecule has 0 aliphatic carbocycles. The summed E-state index contributed by atoms with van der Waals surface area (Å²) in [6.07, 6.45) is 15.7. The van der Waals surface area contributed by atoms with E-state index in [1.165, 1.54) is 55.2 Å². The Hall–Kier alpha value is -3.97. The number of carbonyl (C=O) groups is 1. The summed E-state index contributed by atoms with van der Waals surface area (Å²) in [5, 5.41) is 22.8. The smallest absolute Gasteiger partial charge is 0.201 e. The number of quaternary nitrogens is 1. The molecule has 4 aliphatic heterocycles. The van der Waals surface area contributed by atoms with Crippen LogP contribution in [0.25, 0.3) is 0 Å². The van der Waals surface area contributed by atoms with Gasteiger partial charge in [-0.1, -0.05) is 69.6 Å². The number of aromatic hydroxyl groups is 1. The minimum absolute atomic E-state index is 0. The molecule has 4 heterocycles. The van der Waals surface area contributed by atoms with E-state index in [1.807, 2.05) is 12.1 Å². The van der Waals surface area contributed by atoms with Gasteiger partial charge in [0, 0.05) is 31.4 Å². The van der Waals surface area contributed by atoms with Gasteiger partial charge in [-0.2, -0.15) is 0 Å². The van der Waals surface area contributed by atoms with Crippen molar-refractivity contribution in [2.24, 2.45) is 0 Å². The Morgan fingerprint density at radius 2 is 1.33 bits per heavy atom. The zero-order chi connectivity index (χ0) is 42.9. The Kier molecular flexibility index (Phi) is 18.5. The van der Waals surface area contributed by atoms with Crippen LogP contribution >= 0.6 is 34.0 Å². The fourth-order valence-electron chi connectivity index (χ4n) is 9.93. The molecule has 1 N–H and O–H groups in total. The number of ether oxygens (including phenoxy) is 5. The quantitative estimate of drug-likeness (QED) is 0.0817. The summed E-state index contributed by atoms with van der Waals surface area (Å²) < 4.78 is 32.1. The van der Waals surface area contributed by atoms with Crippen molar-refractivity contribution < 1.29 is 43.2 Å². The van der Waals surface area contributed by atoms with Crippen LogP contribution in [0, 0.1) is 0 Å². The highest BCUT2D eigenvalue weighted by molar-refractivity contribution is 8.93. The van der Waals surface area contributed by atoms with Crippen molar-refractivity contribution in [2.75, 3.05) is 55.1 Å². The normalized spacial score (nSPS) is 18.9. The van der Waals surface area contributed by atoms with Gasteiger partial charge in [-0.05, 0) is 116 Å². The molecule has 0 radical (unpaired) electrons. The van der Waals surface area contributed by atoms with Crippen LogP contribution in [-0.2, 0) is 30.5 Å². The number of fused-ring (bicyclic) bond motifs is 2. The van der Waals surface area contributed by atoms with Crippen LogP contribution in [0.5, 0.6) is 46.0 Å². The number of rotatable bonds is 17. The van der Waals surface area contributed by atoms with Gasteiger partial charge in [0.15, 0.2) is 34.5 Å². The number of benzene rings is 4. The van der Waals surface area contributed by atoms with Crippen LogP contribution < -0.4 is 28.8 Å². The predicted molar refractivity (Wildman–Crippen MR) is 257 cm³/mol. The Morgan fingerprint density at radius 1 is 0.730 bits per heavy atom. The van der Waals surface area contributed by atoms with Gasteiger partial charge in [-0.15, -0.1) is 34.0 Å². The number of unbranched alkanes of at least 4 members (excludes halogenated alkanes) is 10. The molecule has 0 fully saturated rings. The van der Waals surface area contributed by atoms with Crippen LogP contribution in [0.1, 0.15) is 123 Å². The van der Waals surface area contributed by atoms with Crippen LogP contribution in [0.2, 0.25) is 0 Å². The predicted octanol–water partition coefficient (Wildman–Crippen LogP) is 11.0. The number of methoxy groups -OCH3 is 3. The summed E-state index contributed by atoms with van der Waals surface area (Å²) in [7, 11) is 9.53. The van der Waals surface area contributed by atoms with Gasteiger partial charge in [0.1, 0.15) is 11.8 Å². The van der Waals surface area contributed by atoms with Gasteiger partial charge in [0.2, 0.25) is 5.75 Å². The third kappa shape index (κ3) is 12.0. The van der Waals surface area contributed by atoms with E-state index in [2.05, 4.69) is 67.5 Å². The molecule has 4 aromatic carbocycles. The Morgan fingerprint density at radius 3 is 1.98 bits per heavy atom. The van der Waals surface area contributed by atoms with Gasteiger partial charge in [-0.3, -0.25) is 4.90 Å². The van der Waals surface area contributed by atoms with Gasteiger partial charge in [0.25, 0.3) is 0 Å². The minimum Gasteiger partial charge on any atom is -0.550 e. The topological polar surface area (TPSA) is 110 Å². The number of halogens is 2. The van der Waals surface area contributed by atoms with E-state index >= 15 is 0 Å². The number of phenols is 1. The molecule has 12 heteroatoms. The second-order valence-corrected chi connectivity index (χ2v) is 17.7. The zero-order valence-electron chi connectivity index (χ0n) is 37.9. The first kappa shape index (κ1) is 50.0. The monoisotopic (exact) mass is 994 g/mol. The van der Waals surface area contributed by atoms with Crippen LogP contribution in [0.3, 0.4) is 0 Å². The highest BCUT2D eigenvalue weighted by Gasteiger charge is 2.43. The number of hydrogen-bond acceptors (Lipinski definition) is 9. The number of carboxylic acids is 1. The fourth-order valence-corrected chi connectivity index (χ4v) is 9.93. The van der Waals surface area contributed by atoms with Crippen molar-refractivity contribution in [1.82, 2.24) is 4.90 Å². The molecular weight excluding hydrogens is 928 g/mol. The summed E-state index contributed by atoms with van der Waals surface area (Å²) in [4.78, 5) is 13.1. The first-order valence-electron chi connectivity index (χ1n) is 22.6. The first-order valence-corrected chi connectivity index (χ1v) is 22.6. The number of carbonyl (C=O) groups excluding carboxylic acids is 1. The average Bonchev–Trinajstić information content (AvgIpc) is 3.25.